The average molecular weight is 1750 g/mol. The van der Waals surface area contributed by atoms with Crippen LogP contribution in [0.4, 0.5) is 33.5 Å². The van der Waals surface area contributed by atoms with Crippen LogP contribution in [0.2, 0.25) is 25.1 Å². The maximum absolute atomic E-state index is 14.2. The Balaban J connectivity index is 0.000000148. The Morgan fingerprint density at radius 2 is 0.991 bits per heavy atom. The zero-order valence-corrected chi connectivity index (χ0v) is 63.8. The predicted molar refractivity (Wildman–Crippen MR) is 401 cm³/mol. The molecule has 0 aliphatic carbocycles. The van der Waals surface area contributed by atoms with Gasteiger partial charge in [0.2, 0.25) is 17.6 Å². The van der Waals surface area contributed by atoms with Crippen molar-refractivity contribution in [3.63, 3.8) is 0 Å². The van der Waals surface area contributed by atoms with Crippen LogP contribution in [0.1, 0.15) is 47.2 Å². The number of nitrogens with two attached hydrogens (primary N) is 1. The van der Waals surface area contributed by atoms with Gasteiger partial charge in [-0.05, 0) is 173 Å². The summed E-state index contributed by atoms with van der Waals surface area (Å²) in [6, 6.07) is 22.6. The summed E-state index contributed by atoms with van der Waals surface area (Å²) < 4.78 is 109. The number of nitrogens with one attached hydrogen (secondary N) is 4. The van der Waals surface area contributed by atoms with Crippen LogP contribution in [0.5, 0.6) is 23.0 Å². The van der Waals surface area contributed by atoms with E-state index in [9.17, 15) is 45.7 Å². The average Bonchev–Trinajstić information content (AvgIpc) is 1.48. The van der Waals surface area contributed by atoms with E-state index in [0.717, 1.165) is 29.1 Å². The SMILES string of the molecule is CCOC(=O)C1OCCC1=O.Cc1cnccc1Nc1nc(-c2cc(Cl)ccc2F)nc2c1OCC2.Fc1ccc(Cl)cc1-c1nc(I)c2c(n1)CCO2.N=C(N)c1cc(Cl)ccc1F.O=P(Cl)(Cl)Cl.O=c1[nH]c(-c2cc(Cl)ccc2F)nc2c1OCC2.O=c1[nH]c(-c2cc(Cl)ccc2F)nc2c1OCC2. The number of aromatic amines is 2. The number of esters is 1. The van der Waals surface area contributed by atoms with Crippen molar-refractivity contribution >= 4 is 149 Å². The number of halogens is 14. The second kappa shape index (κ2) is 37.5. The van der Waals surface area contributed by atoms with Crippen LogP contribution in [-0.4, -0.2) is 108 Å². The number of benzene rings is 5. The molecule has 23 nitrogen and oxygen atoms in total. The zero-order chi connectivity index (χ0) is 76.7. The lowest BCUT2D eigenvalue weighted by Crippen LogP contribution is -2.28. The maximum atomic E-state index is 14.2. The number of Topliss-reactive ketones (excluding diaryl/α,β-unsaturated/α-hetero) is 1. The number of hydrogen-bond acceptors (Lipinski definition) is 20. The number of nitrogens with zero attached hydrogens (tertiary/aromatic N) is 7. The Labute approximate surface area is 651 Å². The molecular weight excluding hydrogens is 1700 g/mol. The van der Waals surface area contributed by atoms with Crippen LogP contribution in [0.15, 0.2) is 119 Å². The topological polar surface area (TPSA) is 324 Å². The molecule has 554 valence electrons. The number of H-pyrrole nitrogens is 2. The van der Waals surface area contributed by atoms with Gasteiger partial charge in [0, 0.05) is 75.3 Å². The molecule has 0 bridgehead atoms. The third kappa shape index (κ3) is 22.2. The number of nitrogen functional groups attached to an aromatic ring is 1. The Morgan fingerprint density at radius 3 is 1.42 bits per heavy atom. The fraction of sp³-hybridized carbons (Fsp3) is 0.206. The number of hydrogen-bond donors (Lipinski definition) is 5. The minimum Gasteiger partial charge on any atom is -0.488 e. The molecule has 0 radical (unpaired) electrons. The number of ether oxygens (including phenoxy) is 6. The normalized spacial score (nSPS) is 13.7. The van der Waals surface area contributed by atoms with Crippen LogP contribution in [-0.2, 0) is 49.3 Å². The number of ketones is 1. The molecule has 1 saturated heterocycles. The predicted octanol–water partition coefficient (Wildman–Crippen LogP) is 16.6. The van der Waals surface area contributed by atoms with Gasteiger partial charge >= 0.3 is 11.2 Å². The van der Waals surface area contributed by atoms with Gasteiger partial charge in [-0.25, -0.2) is 56.7 Å². The number of rotatable bonds is 9. The summed E-state index contributed by atoms with van der Waals surface area (Å²) in [5.41, 5.74) is 9.72. The number of pyridine rings is 1. The Kier molecular flexibility index (Phi) is 28.9. The minimum atomic E-state index is -3.22. The van der Waals surface area contributed by atoms with Crippen molar-refractivity contribution in [2.24, 2.45) is 5.73 Å². The zero-order valence-electron chi connectivity index (χ0n) is 54.7. The van der Waals surface area contributed by atoms with Crippen LogP contribution >= 0.6 is 120 Å². The van der Waals surface area contributed by atoms with Crippen molar-refractivity contribution in [3.8, 4) is 68.5 Å². The molecule has 5 aromatic carbocycles. The van der Waals surface area contributed by atoms with Crippen molar-refractivity contribution in [1.82, 2.24) is 44.9 Å². The Hall–Kier alpha value is -8.33. The molecule has 0 amide bonds. The molecule has 1 atom stereocenters. The van der Waals surface area contributed by atoms with E-state index in [-0.39, 0.29) is 75.3 Å². The molecule has 1 fully saturated rings. The highest BCUT2D eigenvalue weighted by molar-refractivity contribution is 14.1. The van der Waals surface area contributed by atoms with Crippen molar-refractivity contribution in [1.29, 1.82) is 5.41 Å². The smallest absolute Gasteiger partial charge is 0.343 e. The van der Waals surface area contributed by atoms with Gasteiger partial charge in [0.1, 0.15) is 50.3 Å². The summed E-state index contributed by atoms with van der Waals surface area (Å²) in [6.07, 6.45) is 5.29. The largest absolute Gasteiger partial charge is 0.488 e. The number of carbonyl (C=O) groups excluding carboxylic acids is 2. The lowest BCUT2D eigenvalue weighted by atomic mass is 10.2. The number of aryl methyl sites for hydroxylation is 1. The van der Waals surface area contributed by atoms with Gasteiger partial charge in [0.25, 0.3) is 11.1 Å². The van der Waals surface area contributed by atoms with Gasteiger partial charge in [0.15, 0.2) is 34.7 Å². The number of aromatic nitrogens is 9. The third-order valence-electron chi connectivity index (χ3n) is 14.7. The third-order valence-corrected chi connectivity index (χ3v) is 16.6. The number of amidine groups is 1. The molecule has 10 heterocycles. The fourth-order valence-corrected chi connectivity index (χ4v) is 11.4. The fourth-order valence-electron chi connectivity index (χ4n) is 9.89. The van der Waals surface area contributed by atoms with E-state index in [1.54, 1.807) is 19.3 Å². The second-order valence-corrected chi connectivity index (χ2v) is 31.9. The first kappa shape index (κ1) is 81.7. The first-order chi connectivity index (χ1) is 50.4. The minimum absolute atomic E-state index is 0.0394. The Bertz CT molecular complexity index is 5030. The summed E-state index contributed by atoms with van der Waals surface area (Å²) in [6.45, 7) is 6.22. The van der Waals surface area contributed by atoms with Crippen molar-refractivity contribution in [2.45, 2.75) is 52.1 Å². The van der Waals surface area contributed by atoms with E-state index in [4.69, 9.17) is 92.8 Å². The summed E-state index contributed by atoms with van der Waals surface area (Å²) in [4.78, 5) is 80.3. The molecule has 0 spiro atoms. The number of carbonyl (C=O) groups is 2. The van der Waals surface area contributed by atoms with Gasteiger partial charge in [-0.15, -0.1) is 0 Å². The summed E-state index contributed by atoms with van der Waals surface area (Å²) in [5, 5.41) is 8.99. The van der Waals surface area contributed by atoms with Crippen molar-refractivity contribution in [3.05, 3.63) is 222 Å². The maximum Gasteiger partial charge on any atom is 0.343 e. The monoisotopic (exact) mass is 1750 g/mol. The van der Waals surface area contributed by atoms with Gasteiger partial charge in [0.05, 0.1) is 90.2 Å². The molecular formula is C68H53Cl8F5IN12O11P. The van der Waals surface area contributed by atoms with Crippen LogP contribution in [0.3, 0.4) is 0 Å². The van der Waals surface area contributed by atoms with E-state index in [1.165, 1.54) is 91.0 Å². The van der Waals surface area contributed by atoms with Crippen LogP contribution < -0.4 is 41.1 Å². The number of anilines is 2. The second-order valence-electron chi connectivity index (χ2n) is 22.0. The summed E-state index contributed by atoms with van der Waals surface area (Å²) in [5.74, 6) is -0.120. The van der Waals surface area contributed by atoms with Gasteiger partial charge in [-0.1, -0.05) is 58.0 Å². The highest BCUT2D eigenvalue weighted by Crippen LogP contribution is 2.61. The Morgan fingerprint density at radius 1 is 0.585 bits per heavy atom. The molecule has 10 aromatic rings. The number of fused-ring (bicyclic) bond motifs is 4. The van der Waals surface area contributed by atoms with Crippen molar-refractivity contribution < 1.29 is 64.5 Å². The van der Waals surface area contributed by atoms with E-state index in [1.807, 2.05) is 13.0 Å². The van der Waals surface area contributed by atoms with Gasteiger partial charge in [-0.3, -0.25) is 29.3 Å². The molecule has 1 unspecified atom stereocenters. The molecule has 15 rings (SSSR count). The van der Waals surface area contributed by atoms with Gasteiger partial charge < -0.3 is 49.4 Å². The van der Waals surface area contributed by atoms with Crippen LogP contribution in [0, 0.1) is 45.1 Å². The highest BCUT2D eigenvalue weighted by Gasteiger charge is 2.33. The molecule has 5 aliphatic rings. The van der Waals surface area contributed by atoms with E-state index >= 15 is 0 Å². The van der Waals surface area contributed by atoms with Gasteiger partial charge in [-0.2, -0.15) is 0 Å². The highest BCUT2D eigenvalue weighted by atomic mass is 127. The van der Waals surface area contributed by atoms with Crippen LogP contribution in [0.25, 0.3) is 45.6 Å². The molecule has 106 heavy (non-hydrogen) atoms. The summed E-state index contributed by atoms with van der Waals surface area (Å²) in [7, 11) is 0. The molecule has 0 saturated carbocycles. The molecule has 38 heteroatoms. The first-order valence-electron chi connectivity index (χ1n) is 31.0. The van der Waals surface area contributed by atoms with Crippen molar-refractivity contribution in [2.75, 3.05) is 45.0 Å². The van der Waals surface area contributed by atoms with E-state index in [2.05, 4.69) is 111 Å². The lowest BCUT2D eigenvalue weighted by molar-refractivity contribution is -0.156. The quantitative estimate of drug-likeness (QED) is 0.0131. The first-order valence-corrected chi connectivity index (χ1v) is 38.4. The molecule has 6 N–H and O–H groups in total. The van der Waals surface area contributed by atoms with E-state index < -0.39 is 51.7 Å². The lowest BCUT2D eigenvalue weighted by Gasteiger charge is -2.13. The summed E-state index contributed by atoms with van der Waals surface area (Å²) >= 11 is 45.0. The standard InChI is InChI=1S/C18H14ClFN4O.C12H7ClFIN2O.2C12H8ClFN2O2.C7H6ClFN2.C7H10O4.Cl3OP/c1-10-9-21-6-4-14(10)22-18-16-15(5-7-25-16)23-17(24-18)12-8-11(19)2-3-13(12)20;13-6-1-2-8(14)7(5-6)12-16-9-3-4-18-10(9)11(15)17-12;2*13-6-1-2-8(14)7(5-6)11-15-9-3-4-18-10(9)12(17)16-11;8-4-1-2-6(9)5(3-4)7(10)11;1-2-10-7(9)6-5(8)3-4-11-6;1-5(2,3)4/h2-4,6,8-9H,5,7H2,1H3,(H,21,22,23,24);1-2,5H,3-4H2;2*1-2,5H,3-4H2,(H,15,16,17);1-3H,(H3,10,11);6H,2-4H2,1H3;. The molecule has 5 aromatic heterocycles. The van der Waals surface area contributed by atoms with E-state index in [0.29, 0.717) is 128 Å². The molecule has 5 aliphatic heterocycles.